The van der Waals surface area contributed by atoms with Gasteiger partial charge in [-0.1, -0.05) is 34.1 Å². The van der Waals surface area contributed by atoms with Crippen molar-refractivity contribution < 1.29 is 56.4 Å². The number of carbonyl (C=O) groups is 3. The van der Waals surface area contributed by atoms with Crippen LogP contribution in [0.2, 0.25) is 0 Å². The number of benzene rings is 6. The Balaban J connectivity index is 0.000000152. The number of ether oxygens (including phenoxy) is 5. The van der Waals surface area contributed by atoms with Gasteiger partial charge in [0.2, 0.25) is 0 Å². The molecule has 0 saturated heterocycles. The van der Waals surface area contributed by atoms with E-state index in [9.17, 15) is 19.5 Å². The van der Waals surface area contributed by atoms with Crippen molar-refractivity contribution >= 4 is 99.1 Å². The van der Waals surface area contributed by atoms with E-state index in [-0.39, 0.29) is 42.9 Å². The fourth-order valence-corrected chi connectivity index (χ4v) is 7.77. The Labute approximate surface area is 401 Å². The molecule has 0 unspecified atom stereocenters. The molecule has 9 aromatic rings. The summed E-state index contributed by atoms with van der Waals surface area (Å²) in [5, 5.41) is 19.2. The number of nitrogens with zero attached hydrogens (tertiary/aromatic N) is 1. The van der Waals surface area contributed by atoms with E-state index in [0.29, 0.717) is 33.0 Å². The SMILES string of the molecule is CCOC(=O)Cc1coc2cc3ccc(O)cc3cc12.CCOC(=O)Cc1coc2cc3ccc(OCCBr)cc3cc12.CCOC(=O)Cc1coc2cc3ccc(OCCN(C)C)cc3cc12. The molecule has 3 aromatic heterocycles. The van der Waals surface area contributed by atoms with Gasteiger partial charge in [-0.2, -0.15) is 0 Å². The van der Waals surface area contributed by atoms with Gasteiger partial charge in [0.05, 0.1) is 64.5 Å². The molecule has 9 rings (SSSR count). The van der Waals surface area contributed by atoms with Gasteiger partial charge in [0.1, 0.15) is 40.6 Å². The predicted octanol–water partition coefficient (Wildman–Crippen LogP) is 11.5. The summed E-state index contributed by atoms with van der Waals surface area (Å²) in [6.07, 6.45) is 5.46. The summed E-state index contributed by atoms with van der Waals surface area (Å²) in [6.45, 7) is 8.63. The number of fused-ring (bicyclic) bond motifs is 6. The molecule has 68 heavy (non-hydrogen) atoms. The maximum Gasteiger partial charge on any atom is 0.310 e. The maximum atomic E-state index is 11.8. The zero-order chi connectivity index (χ0) is 48.2. The Morgan fingerprint density at radius 2 is 0.897 bits per heavy atom. The van der Waals surface area contributed by atoms with E-state index in [4.69, 9.17) is 36.9 Å². The van der Waals surface area contributed by atoms with Crippen LogP contribution in [0.3, 0.4) is 0 Å². The van der Waals surface area contributed by atoms with E-state index in [2.05, 4.69) is 20.8 Å². The van der Waals surface area contributed by atoms with Crippen molar-refractivity contribution in [2.24, 2.45) is 0 Å². The van der Waals surface area contributed by atoms with Crippen LogP contribution in [-0.4, -0.2) is 86.9 Å². The third kappa shape index (κ3) is 12.5. The summed E-state index contributed by atoms with van der Waals surface area (Å²) in [5.41, 5.74) is 4.74. The maximum absolute atomic E-state index is 11.8. The van der Waals surface area contributed by atoms with Crippen LogP contribution in [0.25, 0.3) is 65.2 Å². The van der Waals surface area contributed by atoms with Crippen LogP contribution in [-0.2, 0) is 47.9 Å². The Morgan fingerprint density at radius 3 is 1.28 bits per heavy atom. The second-order valence-electron chi connectivity index (χ2n) is 16.0. The summed E-state index contributed by atoms with van der Waals surface area (Å²) < 4.78 is 43.1. The normalized spacial score (nSPS) is 11.2. The molecule has 0 spiro atoms. The van der Waals surface area contributed by atoms with Gasteiger partial charge in [-0.05, 0) is 140 Å². The number of furan rings is 3. The zero-order valence-electron chi connectivity index (χ0n) is 38.7. The van der Waals surface area contributed by atoms with Crippen LogP contribution in [0.5, 0.6) is 17.2 Å². The second-order valence-corrected chi connectivity index (χ2v) is 16.8. The first-order valence-electron chi connectivity index (χ1n) is 22.4. The molecule has 0 aliphatic heterocycles. The van der Waals surface area contributed by atoms with Crippen LogP contribution in [0.4, 0.5) is 0 Å². The number of phenols is 1. The Bertz CT molecular complexity index is 3180. The molecular weight excluding hydrogens is 934 g/mol. The third-order valence-electron chi connectivity index (χ3n) is 10.8. The molecule has 13 nitrogen and oxygen atoms in total. The smallest absolute Gasteiger partial charge is 0.310 e. The van der Waals surface area contributed by atoms with Gasteiger partial charge in [0.25, 0.3) is 0 Å². The monoisotopic (exact) mass is 987 g/mol. The summed E-state index contributed by atoms with van der Waals surface area (Å²) in [4.78, 5) is 37.1. The van der Waals surface area contributed by atoms with E-state index in [0.717, 1.165) is 105 Å². The first kappa shape index (κ1) is 48.9. The molecule has 1 N–H and O–H groups in total. The molecule has 0 saturated carbocycles. The van der Waals surface area contributed by atoms with Gasteiger partial charge in [-0.3, -0.25) is 14.4 Å². The highest BCUT2D eigenvalue weighted by Crippen LogP contribution is 2.33. The minimum absolute atomic E-state index is 0.186. The summed E-state index contributed by atoms with van der Waals surface area (Å²) in [6, 6.07) is 29.0. The molecule has 0 aliphatic rings. The lowest BCUT2D eigenvalue weighted by Gasteiger charge is -2.11. The molecule has 0 radical (unpaired) electrons. The molecule has 0 aliphatic carbocycles. The molecule has 14 heteroatoms. The van der Waals surface area contributed by atoms with Crippen molar-refractivity contribution in [3.05, 3.63) is 126 Å². The van der Waals surface area contributed by atoms with Gasteiger partial charge in [-0.15, -0.1) is 0 Å². The second kappa shape index (κ2) is 23.1. The standard InChI is InChI=1S/C20H23NO4.C18H17BrO4.C16H14O4/c1-4-23-20(22)12-16-13-25-19-11-14-5-6-17(24-8-7-21(2)3)9-15(14)10-18(16)19;1-2-21-18(20)10-14-11-23-17-9-12-3-4-15(22-6-5-19)7-13(12)8-16(14)17;1-2-19-16(18)8-12-9-20-15-7-10-3-4-13(17)5-11(10)6-14(12)15/h5-6,9-11,13H,4,7-8,12H2,1-3H3;3-4,7-9,11H,2,5-6,10H2,1H3;3-7,9,17H,2,8H2,1H3. The van der Waals surface area contributed by atoms with Crippen molar-refractivity contribution in [2.75, 3.05) is 59.0 Å². The van der Waals surface area contributed by atoms with Gasteiger partial charge >= 0.3 is 17.9 Å². The number of aromatic hydroxyl groups is 1. The van der Waals surface area contributed by atoms with Gasteiger partial charge in [-0.25, -0.2) is 0 Å². The average molecular weight is 989 g/mol. The lowest BCUT2D eigenvalue weighted by molar-refractivity contribution is -0.143. The number of hydrogen-bond acceptors (Lipinski definition) is 13. The topological polar surface area (TPSA) is 160 Å². The number of rotatable bonds is 16. The minimum atomic E-state index is -0.272. The Morgan fingerprint density at radius 1 is 0.515 bits per heavy atom. The van der Waals surface area contributed by atoms with E-state index < -0.39 is 0 Å². The van der Waals surface area contributed by atoms with Crippen LogP contribution in [0.1, 0.15) is 37.5 Å². The van der Waals surface area contributed by atoms with Gasteiger partial charge in [0, 0.05) is 44.7 Å². The zero-order valence-corrected chi connectivity index (χ0v) is 40.3. The number of likely N-dealkylation sites (N-methyl/N-ethyl adjacent to an activating group) is 1. The number of esters is 3. The van der Waals surface area contributed by atoms with Crippen molar-refractivity contribution in [1.29, 1.82) is 0 Å². The highest BCUT2D eigenvalue weighted by atomic mass is 79.9. The fraction of sp³-hybridized carbons (Fsp3) is 0.278. The number of hydrogen-bond donors (Lipinski definition) is 1. The lowest BCUT2D eigenvalue weighted by atomic mass is 10.0. The third-order valence-corrected chi connectivity index (χ3v) is 11.2. The van der Waals surface area contributed by atoms with E-state index in [1.807, 2.05) is 93.0 Å². The van der Waals surface area contributed by atoms with Crippen molar-refractivity contribution in [3.63, 3.8) is 0 Å². The highest BCUT2D eigenvalue weighted by Gasteiger charge is 2.15. The van der Waals surface area contributed by atoms with Gasteiger partial charge in [0.15, 0.2) is 0 Å². The molecular formula is C54H54BrNO12. The minimum Gasteiger partial charge on any atom is -0.508 e. The Hall–Kier alpha value is -7.03. The first-order chi connectivity index (χ1) is 32.9. The number of phenolic OH excluding ortho intramolecular Hbond substituents is 1. The van der Waals surface area contributed by atoms with Crippen LogP contribution < -0.4 is 9.47 Å². The highest BCUT2D eigenvalue weighted by molar-refractivity contribution is 9.09. The quantitative estimate of drug-likeness (QED) is 0.0554. The number of alkyl halides is 1. The predicted molar refractivity (Wildman–Crippen MR) is 267 cm³/mol. The molecule has 3 heterocycles. The summed E-state index contributed by atoms with van der Waals surface area (Å²) >= 11 is 3.35. The van der Waals surface area contributed by atoms with Crippen molar-refractivity contribution in [1.82, 2.24) is 4.90 Å². The van der Waals surface area contributed by atoms with Crippen LogP contribution in [0, 0.1) is 0 Å². The number of carbonyl (C=O) groups excluding carboxylic acids is 3. The molecule has 354 valence electrons. The van der Waals surface area contributed by atoms with E-state index >= 15 is 0 Å². The van der Waals surface area contributed by atoms with Crippen LogP contribution >= 0.6 is 15.9 Å². The van der Waals surface area contributed by atoms with Crippen molar-refractivity contribution in [3.8, 4) is 17.2 Å². The van der Waals surface area contributed by atoms with Gasteiger partial charge < -0.3 is 46.9 Å². The largest absolute Gasteiger partial charge is 0.508 e. The molecule has 0 amide bonds. The van der Waals surface area contributed by atoms with Crippen LogP contribution in [0.15, 0.2) is 123 Å². The molecule has 0 atom stereocenters. The fourth-order valence-electron chi connectivity index (χ4n) is 7.61. The first-order valence-corrected chi connectivity index (χ1v) is 23.5. The Kier molecular flexibility index (Phi) is 16.6. The molecule has 0 bridgehead atoms. The molecule has 6 aromatic carbocycles. The average Bonchev–Trinajstić information content (AvgIpc) is 4.02. The van der Waals surface area contributed by atoms with Crippen molar-refractivity contribution in [2.45, 2.75) is 40.0 Å². The summed E-state index contributed by atoms with van der Waals surface area (Å²) in [5.74, 6) is 1.12. The lowest BCUT2D eigenvalue weighted by Crippen LogP contribution is -2.19. The van der Waals surface area contributed by atoms with E-state index in [1.54, 1.807) is 51.7 Å². The number of halogens is 1. The molecule has 0 fully saturated rings. The summed E-state index contributed by atoms with van der Waals surface area (Å²) in [7, 11) is 4.04. The van der Waals surface area contributed by atoms with E-state index in [1.165, 1.54) is 0 Å².